The number of amides is 6. The molecule has 0 saturated carbocycles. The number of thioether (sulfide) groups is 1. The Morgan fingerprint density at radius 1 is 0.957 bits per heavy atom. The minimum absolute atomic E-state index is 0.0275. The molecule has 14 heteroatoms. The van der Waals surface area contributed by atoms with Crippen LogP contribution in [0.25, 0.3) is 0 Å². The Bertz CT molecular complexity index is 1350. The molecule has 3 heterocycles. The quantitative estimate of drug-likeness (QED) is 0.105. The second-order valence-electron chi connectivity index (χ2n) is 13.2. The summed E-state index contributed by atoms with van der Waals surface area (Å²) in [6, 6.07) is 3.82. The third-order valence-corrected chi connectivity index (χ3v) is 9.98. The van der Waals surface area contributed by atoms with Gasteiger partial charge in [-0.15, -0.1) is 0 Å². The Morgan fingerprint density at radius 3 is 2.40 bits per heavy atom. The predicted octanol–water partition coefficient (Wildman–Crippen LogP) is 3.20. The molecule has 3 aliphatic heterocycles. The molecule has 3 atom stereocenters. The average Bonchev–Trinajstić information content (AvgIpc) is 3.66. The molecule has 258 valence electrons. The lowest BCUT2D eigenvalue weighted by atomic mass is 10.0. The number of benzene rings is 1. The molecular formula is C33H46FN5O7S. The van der Waals surface area contributed by atoms with Crippen molar-refractivity contribution in [1.29, 1.82) is 0 Å². The SMILES string of the molecule is CC(C)(CCNC(=O)CCCCC1SCC2NC(=O)NC21)OCCC(C)(C)OCCNC(=O)c1cc(N2C(=O)C=CC2=O)ccc1F. The number of imide groups is 1. The molecule has 12 nitrogen and oxygen atoms in total. The van der Waals surface area contributed by atoms with Gasteiger partial charge in [0.25, 0.3) is 17.7 Å². The van der Waals surface area contributed by atoms with Gasteiger partial charge in [0.15, 0.2) is 0 Å². The van der Waals surface area contributed by atoms with Crippen molar-refractivity contribution in [2.45, 2.75) is 94.8 Å². The number of carbonyl (C=O) groups is 5. The molecule has 0 bridgehead atoms. The molecule has 0 aromatic heterocycles. The summed E-state index contributed by atoms with van der Waals surface area (Å²) in [5.41, 5.74) is -1.17. The van der Waals surface area contributed by atoms with Gasteiger partial charge in [0, 0.05) is 42.7 Å². The molecule has 1 aromatic carbocycles. The van der Waals surface area contributed by atoms with Crippen LogP contribution in [0.1, 0.15) is 76.6 Å². The van der Waals surface area contributed by atoms with Crippen LogP contribution in [-0.2, 0) is 23.9 Å². The fourth-order valence-electron chi connectivity index (χ4n) is 5.65. The summed E-state index contributed by atoms with van der Waals surface area (Å²) in [5, 5.41) is 12.0. The number of hydrogen-bond donors (Lipinski definition) is 4. The summed E-state index contributed by atoms with van der Waals surface area (Å²) in [7, 11) is 0. The van der Waals surface area contributed by atoms with Gasteiger partial charge in [-0.3, -0.25) is 19.2 Å². The van der Waals surface area contributed by atoms with Gasteiger partial charge in [-0.2, -0.15) is 11.8 Å². The van der Waals surface area contributed by atoms with Crippen molar-refractivity contribution in [3.8, 4) is 0 Å². The maximum Gasteiger partial charge on any atom is 0.315 e. The number of rotatable bonds is 18. The first kappa shape index (κ1) is 36.3. The highest BCUT2D eigenvalue weighted by molar-refractivity contribution is 8.00. The zero-order valence-corrected chi connectivity index (χ0v) is 28.3. The summed E-state index contributed by atoms with van der Waals surface area (Å²) < 4.78 is 26.4. The molecule has 2 saturated heterocycles. The van der Waals surface area contributed by atoms with Crippen LogP contribution in [0.15, 0.2) is 30.4 Å². The van der Waals surface area contributed by atoms with Gasteiger partial charge in [0.1, 0.15) is 5.82 Å². The van der Waals surface area contributed by atoms with Crippen molar-refractivity contribution < 1.29 is 37.8 Å². The van der Waals surface area contributed by atoms with Crippen molar-refractivity contribution in [3.05, 3.63) is 41.7 Å². The molecule has 4 rings (SSSR count). The van der Waals surface area contributed by atoms with Crippen LogP contribution in [0.2, 0.25) is 0 Å². The highest BCUT2D eigenvalue weighted by Crippen LogP contribution is 2.33. The van der Waals surface area contributed by atoms with E-state index in [1.807, 2.05) is 39.5 Å². The lowest BCUT2D eigenvalue weighted by Gasteiger charge is -2.30. The number of nitrogens with zero attached hydrogens (tertiary/aromatic N) is 1. The smallest absolute Gasteiger partial charge is 0.315 e. The number of halogens is 1. The molecule has 6 amide bonds. The maximum atomic E-state index is 14.4. The number of unbranched alkanes of at least 4 members (excludes halogenated alkanes) is 1. The van der Waals surface area contributed by atoms with E-state index < -0.39 is 34.7 Å². The largest absolute Gasteiger partial charge is 0.375 e. The van der Waals surface area contributed by atoms with E-state index in [-0.39, 0.29) is 48.4 Å². The fraction of sp³-hybridized carbons (Fsp3) is 0.606. The van der Waals surface area contributed by atoms with Gasteiger partial charge in [-0.05, 0) is 71.6 Å². The van der Waals surface area contributed by atoms with Gasteiger partial charge in [-0.25, -0.2) is 14.1 Å². The van der Waals surface area contributed by atoms with Crippen LogP contribution in [0.3, 0.4) is 0 Å². The lowest BCUT2D eigenvalue weighted by Crippen LogP contribution is -2.36. The average molecular weight is 676 g/mol. The van der Waals surface area contributed by atoms with E-state index in [0.717, 1.165) is 48.1 Å². The molecule has 0 spiro atoms. The normalized spacial score (nSPS) is 20.7. The summed E-state index contributed by atoms with van der Waals surface area (Å²) >= 11 is 1.88. The highest BCUT2D eigenvalue weighted by Gasteiger charge is 2.42. The van der Waals surface area contributed by atoms with Gasteiger partial charge in [-0.1, -0.05) is 6.42 Å². The van der Waals surface area contributed by atoms with Crippen LogP contribution in [0.4, 0.5) is 14.9 Å². The summed E-state index contributed by atoms with van der Waals surface area (Å²) in [6.45, 7) is 9.02. The van der Waals surface area contributed by atoms with Crippen molar-refractivity contribution >= 4 is 47.1 Å². The van der Waals surface area contributed by atoms with Crippen molar-refractivity contribution in [2.75, 3.05) is 37.0 Å². The van der Waals surface area contributed by atoms with Crippen molar-refractivity contribution in [1.82, 2.24) is 21.3 Å². The van der Waals surface area contributed by atoms with Gasteiger partial charge < -0.3 is 30.7 Å². The molecule has 3 aliphatic rings. The number of fused-ring (bicyclic) bond motifs is 1. The van der Waals surface area contributed by atoms with E-state index in [4.69, 9.17) is 9.47 Å². The van der Waals surface area contributed by atoms with Crippen LogP contribution < -0.4 is 26.2 Å². The summed E-state index contributed by atoms with van der Waals surface area (Å²) in [4.78, 5) is 61.2. The minimum Gasteiger partial charge on any atom is -0.375 e. The van der Waals surface area contributed by atoms with E-state index in [1.54, 1.807) is 0 Å². The molecular weight excluding hydrogens is 629 g/mol. The Hall–Kier alpha value is -3.49. The van der Waals surface area contributed by atoms with E-state index in [0.29, 0.717) is 37.7 Å². The topological polar surface area (TPSA) is 155 Å². The lowest BCUT2D eigenvalue weighted by molar-refractivity contribution is -0.122. The predicted molar refractivity (Wildman–Crippen MR) is 177 cm³/mol. The zero-order chi connectivity index (χ0) is 34.2. The first-order chi connectivity index (χ1) is 22.2. The summed E-state index contributed by atoms with van der Waals surface area (Å²) in [6.07, 6.45) is 6.67. The van der Waals surface area contributed by atoms with Crippen LogP contribution in [0.5, 0.6) is 0 Å². The third-order valence-electron chi connectivity index (χ3n) is 8.47. The van der Waals surface area contributed by atoms with E-state index >= 15 is 0 Å². The Kier molecular flexibility index (Phi) is 12.4. The summed E-state index contributed by atoms with van der Waals surface area (Å²) in [5.74, 6) is -1.61. The van der Waals surface area contributed by atoms with Crippen LogP contribution in [0, 0.1) is 5.82 Å². The monoisotopic (exact) mass is 675 g/mol. The molecule has 0 radical (unpaired) electrons. The molecule has 3 unspecified atom stereocenters. The Balaban J connectivity index is 1.06. The fourth-order valence-corrected chi connectivity index (χ4v) is 7.19. The van der Waals surface area contributed by atoms with Crippen molar-refractivity contribution in [3.63, 3.8) is 0 Å². The Morgan fingerprint density at radius 2 is 1.66 bits per heavy atom. The van der Waals surface area contributed by atoms with E-state index in [9.17, 15) is 28.4 Å². The molecule has 4 N–H and O–H groups in total. The van der Waals surface area contributed by atoms with E-state index in [2.05, 4.69) is 21.3 Å². The number of ether oxygens (including phenoxy) is 2. The zero-order valence-electron chi connectivity index (χ0n) is 27.5. The standard InChI is InChI=1S/C33H46FN5O7S/c1-32(2,13-15-35-26(40)8-6-5-7-25-29-24(20-47-25)37-31(44)38-29)45-17-14-33(3,4)46-18-16-36-30(43)22-19-21(9-10-23(22)34)39-27(41)11-12-28(39)42/h9-12,19,24-25,29H,5-8,13-18,20H2,1-4H3,(H,35,40)(H,36,43)(H2,37,38,44). The second kappa shape index (κ2) is 16.1. The number of nitrogens with one attached hydrogen (secondary N) is 4. The Labute approximate surface area is 279 Å². The van der Waals surface area contributed by atoms with Crippen LogP contribution in [-0.4, -0.2) is 90.3 Å². The van der Waals surface area contributed by atoms with Crippen molar-refractivity contribution in [2.24, 2.45) is 0 Å². The third kappa shape index (κ3) is 10.5. The molecule has 0 aliphatic carbocycles. The molecule has 47 heavy (non-hydrogen) atoms. The number of hydrogen-bond acceptors (Lipinski definition) is 8. The number of carbonyl (C=O) groups excluding carboxylic acids is 5. The van der Waals surface area contributed by atoms with Gasteiger partial charge in [0.05, 0.1) is 47.8 Å². The van der Waals surface area contributed by atoms with Crippen LogP contribution >= 0.6 is 11.8 Å². The first-order valence-electron chi connectivity index (χ1n) is 16.1. The number of urea groups is 1. The number of anilines is 1. The van der Waals surface area contributed by atoms with Gasteiger partial charge in [0.2, 0.25) is 5.91 Å². The maximum absolute atomic E-state index is 14.4. The first-order valence-corrected chi connectivity index (χ1v) is 17.2. The molecule has 1 aromatic rings. The second-order valence-corrected chi connectivity index (χ2v) is 14.5. The molecule has 2 fully saturated rings. The van der Waals surface area contributed by atoms with E-state index in [1.165, 1.54) is 12.1 Å². The minimum atomic E-state index is -0.772. The van der Waals surface area contributed by atoms with Gasteiger partial charge >= 0.3 is 6.03 Å². The highest BCUT2D eigenvalue weighted by atomic mass is 32.2.